The first-order chi connectivity index (χ1) is 12.8. The first-order valence-corrected chi connectivity index (χ1v) is 10.2. The molecule has 146 valence electrons. The Kier molecular flexibility index (Phi) is 7.05. The van der Waals surface area contributed by atoms with Crippen molar-refractivity contribution in [2.45, 2.75) is 9.92 Å². The zero-order valence-electron chi connectivity index (χ0n) is 15.4. The van der Waals surface area contributed by atoms with E-state index in [9.17, 15) is 13.2 Å². The van der Waals surface area contributed by atoms with Crippen LogP contribution in [0.2, 0.25) is 0 Å². The van der Waals surface area contributed by atoms with Crippen LogP contribution < -0.4 is 14.8 Å². The molecule has 0 fully saturated rings. The highest BCUT2D eigenvalue weighted by atomic mass is 32.2. The van der Waals surface area contributed by atoms with Gasteiger partial charge < -0.3 is 14.8 Å². The van der Waals surface area contributed by atoms with E-state index in [1.807, 2.05) is 0 Å². The topological polar surface area (TPSA) is 97.8 Å². The van der Waals surface area contributed by atoms with Gasteiger partial charge in [0.2, 0.25) is 15.9 Å². The van der Waals surface area contributed by atoms with Gasteiger partial charge in [0.05, 0.1) is 30.7 Å². The van der Waals surface area contributed by atoms with Crippen LogP contribution in [0.3, 0.4) is 0 Å². The van der Waals surface area contributed by atoms with E-state index in [0.29, 0.717) is 22.2 Å². The third-order valence-corrected chi connectivity index (χ3v) is 6.26. The lowest BCUT2D eigenvalue weighted by molar-refractivity contribution is -0.113. The van der Waals surface area contributed by atoms with Crippen molar-refractivity contribution in [3.05, 3.63) is 36.5 Å². The number of thioether (sulfide) groups is 1. The number of anilines is 1. The van der Waals surface area contributed by atoms with Gasteiger partial charge in [0.1, 0.15) is 16.4 Å². The lowest BCUT2D eigenvalue weighted by Crippen LogP contribution is -2.22. The van der Waals surface area contributed by atoms with Gasteiger partial charge in [0.25, 0.3) is 0 Å². The lowest BCUT2D eigenvalue weighted by Gasteiger charge is -2.12. The van der Waals surface area contributed by atoms with E-state index in [0.717, 1.165) is 4.31 Å². The summed E-state index contributed by atoms with van der Waals surface area (Å²) in [5, 5.41) is 3.31. The zero-order valence-corrected chi connectivity index (χ0v) is 17.1. The third kappa shape index (κ3) is 5.34. The number of nitrogens with zero attached hydrogens (tertiary/aromatic N) is 2. The summed E-state index contributed by atoms with van der Waals surface area (Å²) in [6.07, 6.45) is 1.28. The molecule has 0 aliphatic heterocycles. The molecule has 2 rings (SSSR count). The smallest absolute Gasteiger partial charge is 0.244 e. The number of hydrogen-bond donors (Lipinski definition) is 1. The van der Waals surface area contributed by atoms with E-state index in [2.05, 4.69) is 10.3 Å². The maximum absolute atomic E-state index is 12.2. The summed E-state index contributed by atoms with van der Waals surface area (Å²) in [6.45, 7) is 0. The number of sulfonamides is 1. The van der Waals surface area contributed by atoms with Crippen molar-refractivity contribution in [2.75, 3.05) is 39.4 Å². The predicted octanol–water partition coefficient (Wildman–Crippen LogP) is 2.08. The number of carbonyl (C=O) groups excluding carboxylic acids is 1. The van der Waals surface area contributed by atoms with Gasteiger partial charge in [0.15, 0.2) is 0 Å². The van der Waals surface area contributed by atoms with Crippen LogP contribution in [-0.2, 0) is 14.8 Å². The van der Waals surface area contributed by atoms with Gasteiger partial charge in [-0.25, -0.2) is 17.7 Å². The first-order valence-electron chi connectivity index (χ1n) is 7.81. The summed E-state index contributed by atoms with van der Waals surface area (Å²) < 4.78 is 35.5. The summed E-state index contributed by atoms with van der Waals surface area (Å²) >= 11 is 1.20. The molecule has 0 aliphatic rings. The fourth-order valence-corrected chi connectivity index (χ4v) is 3.53. The van der Waals surface area contributed by atoms with E-state index in [1.54, 1.807) is 31.4 Å². The average molecular weight is 412 g/mol. The SMILES string of the molecule is COc1ccc(NC(=O)CSc2ccc(S(=O)(=O)N(C)C)cn2)c(OC)c1. The number of pyridine rings is 1. The molecule has 1 amide bonds. The van der Waals surface area contributed by atoms with E-state index in [1.165, 1.54) is 45.2 Å². The number of rotatable bonds is 8. The highest BCUT2D eigenvalue weighted by Gasteiger charge is 2.17. The van der Waals surface area contributed by atoms with Crippen LogP contribution >= 0.6 is 11.8 Å². The van der Waals surface area contributed by atoms with Gasteiger partial charge in [-0.05, 0) is 24.3 Å². The quantitative estimate of drug-likeness (QED) is 0.664. The second-order valence-electron chi connectivity index (χ2n) is 5.52. The largest absolute Gasteiger partial charge is 0.497 e. The summed E-state index contributed by atoms with van der Waals surface area (Å²) in [5.74, 6) is 0.984. The van der Waals surface area contributed by atoms with Gasteiger partial charge in [-0.1, -0.05) is 11.8 Å². The third-order valence-electron chi connectivity index (χ3n) is 3.52. The van der Waals surface area contributed by atoms with E-state index < -0.39 is 10.0 Å². The molecule has 0 spiro atoms. The summed E-state index contributed by atoms with van der Waals surface area (Å²) in [7, 11) is 2.44. The minimum absolute atomic E-state index is 0.101. The fraction of sp³-hybridized carbons (Fsp3) is 0.294. The van der Waals surface area contributed by atoms with Crippen molar-refractivity contribution in [3.63, 3.8) is 0 Å². The minimum Gasteiger partial charge on any atom is -0.497 e. The molecule has 0 bridgehead atoms. The number of ether oxygens (including phenoxy) is 2. The predicted molar refractivity (Wildman–Crippen MR) is 104 cm³/mol. The molecular weight excluding hydrogens is 390 g/mol. The van der Waals surface area contributed by atoms with Crippen molar-refractivity contribution in [2.24, 2.45) is 0 Å². The molecule has 1 N–H and O–H groups in total. The van der Waals surface area contributed by atoms with E-state index in [-0.39, 0.29) is 16.6 Å². The summed E-state index contributed by atoms with van der Waals surface area (Å²) in [4.78, 5) is 16.4. The molecule has 0 saturated carbocycles. The van der Waals surface area contributed by atoms with Gasteiger partial charge in [-0.3, -0.25) is 4.79 Å². The second kappa shape index (κ2) is 9.07. The van der Waals surface area contributed by atoms with Gasteiger partial charge in [0, 0.05) is 26.4 Å². The molecule has 1 aromatic heterocycles. The second-order valence-corrected chi connectivity index (χ2v) is 8.67. The van der Waals surface area contributed by atoms with Crippen molar-refractivity contribution in [1.29, 1.82) is 0 Å². The average Bonchev–Trinajstić information content (AvgIpc) is 2.66. The highest BCUT2D eigenvalue weighted by Crippen LogP contribution is 2.29. The molecule has 2 aromatic rings. The molecular formula is C17H21N3O5S2. The Labute approximate surface area is 162 Å². The van der Waals surface area contributed by atoms with Gasteiger partial charge in [-0.2, -0.15) is 0 Å². The van der Waals surface area contributed by atoms with Crippen molar-refractivity contribution >= 4 is 33.4 Å². The van der Waals surface area contributed by atoms with Crippen LogP contribution in [0.4, 0.5) is 5.69 Å². The summed E-state index contributed by atoms with van der Waals surface area (Å²) in [6, 6.07) is 8.13. The summed E-state index contributed by atoms with van der Waals surface area (Å²) in [5.41, 5.74) is 0.532. The van der Waals surface area contributed by atoms with Gasteiger partial charge in [-0.15, -0.1) is 0 Å². The monoisotopic (exact) mass is 411 g/mol. The van der Waals surface area contributed by atoms with Crippen LogP contribution in [0.25, 0.3) is 0 Å². The molecule has 0 unspecified atom stereocenters. The van der Waals surface area contributed by atoms with Crippen LogP contribution in [0.5, 0.6) is 11.5 Å². The number of benzene rings is 1. The Morgan fingerprint density at radius 2 is 1.93 bits per heavy atom. The fourth-order valence-electron chi connectivity index (χ4n) is 2.04. The van der Waals surface area contributed by atoms with Crippen LogP contribution in [0, 0.1) is 0 Å². The van der Waals surface area contributed by atoms with Crippen LogP contribution in [-0.4, -0.2) is 57.7 Å². The molecule has 0 aliphatic carbocycles. The lowest BCUT2D eigenvalue weighted by atomic mass is 10.2. The highest BCUT2D eigenvalue weighted by molar-refractivity contribution is 7.99. The number of hydrogen-bond acceptors (Lipinski definition) is 7. The van der Waals surface area contributed by atoms with E-state index >= 15 is 0 Å². The van der Waals surface area contributed by atoms with E-state index in [4.69, 9.17) is 9.47 Å². The number of aromatic nitrogens is 1. The Morgan fingerprint density at radius 3 is 2.48 bits per heavy atom. The Balaban J connectivity index is 1.98. The molecule has 1 aromatic carbocycles. The van der Waals surface area contributed by atoms with Crippen molar-refractivity contribution in [1.82, 2.24) is 9.29 Å². The number of amides is 1. The Morgan fingerprint density at radius 1 is 1.19 bits per heavy atom. The minimum atomic E-state index is -3.52. The number of methoxy groups -OCH3 is 2. The Hall–Kier alpha value is -2.30. The van der Waals surface area contributed by atoms with Crippen molar-refractivity contribution in [3.8, 4) is 11.5 Å². The maximum Gasteiger partial charge on any atom is 0.244 e. The molecule has 1 heterocycles. The maximum atomic E-state index is 12.2. The van der Waals surface area contributed by atoms with Crippen molar-refractivity contribution < 1.29 is 22.7 Å². The molecule has 10 heteroatoms. The van der Waals surface area contributed by atoms with Gasteiger partial charge >= 0.3 is 0 Å². The molecule has 8 nitrogen and oxygen atoms in total. The Bertz CT molecular complexity index is 899. The molecule has 0 saturated heterocycles. The molecule has 0 atom stereocenters. The van der Waals surface area contributed by atoms with Crippen LogP contribution in [0.15, 0.2) is 46.5 Å². The molecule has 0 radical (unpaired) electrons. The zero-order chi connectivity index (χ0) is 20.0. The number of carbonyl (C=O) groups is 1. The first kappa shape index (κ1) is 21.0. The normalized spacial score (nSPS) is 11.3. The van der Waals surface area contributed by atoms with Crippen LogP contribution in [0.1, 0.15) is 0 Å². The molecule has 27 heavy (non-hydrogen) atoms. The number of nitrogens with one attached hydrogen (secondary N) is 1. The standard InChI is InChI=1S/C17H21N3O5S2/c1-20(2)27(22,23)13-6-8-17(18-10-13)26-11-16(21)19-14-7-5-12(24-3)9-15(14)25-4/h5-10H,11H2,1-4H3,(H,19,21).